The summed E-state index contributed by atoms with van der Waals surface area (Å²) in [5, 5.41) is 11.7. The standard InChI is InChI=1S/C17H29NO3Si/c1-13-7-9-14(10-8-13)15(16(20)18-11-12-19)21-22(5,6)17(2,3)4/h7-10,15,19H,11-12H2,1-6H3,(H,18,20). The lowest BCUT2D eigenvalue weighted by molar-refractivity contribution is -0.129. The van der Waals surface area contributed by atoms with Crippen LogP contribution in [-0.4, -0.2) is 32.5 Å². The number of benzene rings is 1. The molecule has 1 aromatic carbocycles. The number of rotatable bonds is 6. The smallest absolute Gasteiger partial charge is 0.252 e. The molecule has 0 aliphatic heterocycles. The molecule has 0 aliphatic carbocycles. The fourth-order valence-electron chi connectivity index (χ4n) is 1.76. The van der Waals surface area contributed by atoms with Gasteiger partial charge in [0.15, 0.2) is 8.32 Å². The maximum Gasteiger partial charge on any atom is 0.252 e. The molecule has 0 aliphatic rings. The van der Waals surface area contributed by atoms with Crippen LogP contribution in [0.5, 0.6) is 0 Å². The van der Waals surface area contributed by atoms with Crippen molar-refractivity contribution in [2.75, 3.05) is 13.2 Å². The Morgan fingerprint density at radius 1 is 1.27 bits per heavy atom. The highest BCUT2D eigenvalue weighted by Gasteiger charge is 2.41. The van der Waals surface area contributed by atoms with Crippen molar-refractivity contribution < 1.29 is 14.3 Å². The highest BCUT2D eigenvalue weighted by Crippen LogP contribution is 2.39. The second-order valence-corrected chi connectivity index (χ2v) is 11.9. The van der Waals surface area contributed by atoms with Crippen molar-refractivity contribution in [2.24, 2.45) is 0 Å². The average molecular weight is 324 g/mol. The molecule has 1 atom stereocenters. The average Bonchev–Trinajstić information content (AvgIpc) is 2.42. The Morgan fingerprint density at radius 3 is 2.27 bits per heavy atom. The maximum absolute atomic E-state index is 12.5. The quantitative estimate of drug-likeness (QED) is 0.791. The molecule has 1 rings (SSSR count). The van der Waals surface area contributed by atoms with Crippen LogP contribution in [0.25, 0.3) is 0 Å². The van der Waals surface area contributed by atoms with Crippen LogP contribution in [0, 0.1) is 6.92 Å². The van der Waals surface area contributed by atoms with Gasteiger partial charge in [0.2, 0.25) is 0 Å². The van der Waals surface area contributed by atoms with Crippen LogP contribution in [0.1, 0.15) is 38.0 Å². The zero-order valence-corrected chi connectivity index (χ0v) is 15.6. The van der Waals surface area contributed by atoms with Crippen molar-refractivity contribution in [3.63, 3.8) is 0 Å². The Morgan fingerprint density at radius 2 is 1.82 bits per heavy atom. The van der Waals surface area contributed by atoms with E-state index in [-0.39, 0.29) is 24.1 Å². The molecule has 0 radical (unpaired) electrons. The molecule has 1 aromatic rings. The molecule has 1 amide bonds. The van der Waals surface area contributed by atoms with Crippen LogP contribution in [0.4, 0.5) is 0 Å². The first kappa shape index (κ1) is 18.9. The molecule has 22 heavy (non-hydrogen) atoms. The van der Waals surface area contributed by atoms with E-state index in [1.165, 1.54) is 0 Å². The summed E-state index contributed by atoms with van der Waals surface area (Å²) in [6.45, 7) is 12.9. The summed E-state index contributed by atoms with van der Waals surface area (Å²) in [6.07, 6.45) is -0.631. The molecule has 0 saturated heterocycles. The summed E-state index contributed by atoms with van der Waals surface area (Å²) < 4.78 is 6.33. The SMILES string of the molecule is Cc1ccc(C(O[Si](C)(C)C(C)(C)C)C(=O)NCCO)cc1. The molecular formula is C17H29NO3Si. The lowest BCUT2D eigenvalue weighted by Gasteiger charge is -2.39. The Labute approximate surface area is 135 Å². The second-order valence-electron chi connectivity index (χ2n) is 7.18. The van der Waals surface area contributed by atoms with Crippen molar-refractivity contribution in [1.29, 1.82) is 0 Å². The molecule has 0 heterocycles. The summed E-state index contributed by atoms with van der Waals surface area (Å²) in [6, 6.07) is 7.84. The minimum absolute atomic E-state index is 0.0210. The van der Waals surface area contributed by atoms with Crippen LogP contribution in [0.3, 0.4) is 0 Å². The Kier molecular flexibility index (Phi) is 6.34. The Bertz CT molecular complexity index is 492. The highest BCUT2D eigenvalue weighted by atomic mass is 28.4. The highest BCUT2D eigenvalue weighted by molar-refractivity contribution is 6.74. The second kappa shape index (κ2) is 7.40. The van der Waals surface area contributed by atoms with Gasteiger partial charge in [0.05, 0.1) is 6.61 Å². The van der Waals surface area contributed by atoms with Crippen molar-refractivity contribution in [2.45, 2.75) is 51.9 Å². The van der Waals surface area contributed by atoms with Crippen molar-refractivity contribution in [1.82, 2.24) is 5.32 Å². The van der Waals surface area contributed by atoms with Crippen LogP contribution >= 0.6 is 0 Å². The van der Waals surface area contributed by atoms with E-state index in [0.717, 1.165) is 11.1 Å². The van der Waals surface area contributed by atoms with Crippen LogP contribution in [-0.2, 0) is 9.22 Å². The topological polar surface area (TPSA) is 58.6 Å². The number of nitrogens with one attached hydrogen (secondary N) is 1. The van der Waals surface area contributed by atoms with E-state index in [4.69, 9.17) is 9.53 Å². The molecule has 0 aromatic heterocycles. The van der Waals surface area contributed by atoms with E-state index in [2.05, 4.69) is 39.2 Å². The third-order valence-electron chi connectivity index (χ3n) is 4.25. The predicted octanol–water partition coefficient (Wildman–Crippen LogP) is 3.17. The number of amides is 1. The summed E-state index contributed by atoms with van der Waals surface area (Å²) in [5.41, 5.74) is 2.00. The van der Waals surface area contributed by atoms with Gasteiger partial charge in [-0.05, 0) is 30.6 Å². The predicted molar refractivity (Wildman–Crippen MR) is 92.3 cm³/mol. The van der Waals surface area contributed by atoms with Gasteiger partial charge in [0, 0.05) is 6.54 Å². The van der Waals surface area contributed by atoms with Crippen LogP contribution in [0.2, 0.25) is 18.1 Å². The minimum Gasteiger partial charge on any atom is -0.402 e. The van der Waals surface area contributed by atoms with E-state index in [0.29, 0.717) is 0 Å². The normalized spacial score (nSPS) is 13.8. The summed E-state index contributed by atoms with van der Waals surface area (Å²) in [5.74, 6) is -0.192. The first-order chi connectivity index (χ1) is 10.1. The van der Waals surface area contributed by atoms with E-state index >= 15 is 0 Å². The number of hydrogen-bond acceptors (Lipinski definition) is 3. The fraction of sp³-hybridized carbons (Fsp3) is 0.588. The van der Waals surface area contributed by atoms with Gasteiger partial charge in [-0.2, -0.15) is 0 Å². The number of carbonyl (C=O) groups is 1. The molecule has 0 saturated carbocycles. The van der Waals surface area contributed by atoms with Crippen molar-refractivity contribution in [3.8, 4) is 0 Å². The zero-order valence-electron chi connectivity index (χ0n) is 14.6. The largest absolute Gasteiger partial charge is 0.402 e. The minimum atomic E-state index is -2.09. The maximum atomic E-state index is 12.5. The van der Waals surface area contributed by atoms with Gasteiger partial charge in [0.25, 0.3) is 5.91 Å². The zero-order chi connectivity index (χ0) is 17.0. The first-order valence-electron chi connectivity index (χ1n) is 7.71. The molecule has 1 unspecified atom stereocenters. The van der Waals surface area contributed by atoms with Gasteiger partial charge in [-0.1, -0.05) is 50.6 Å². The van der Waals surface area contributed by atoms with E-state index in [1.54, 1.807) is 0 Å². The number of aliphatic hydroxyl groups is 1. The lowest BCUT2D eigenvalue weighted by atomic mass is 10.1. The van der Waals surface area contributed by atoms with Gasteiger partial charge in [-0.15, -0.1) is 0 Å². The van der Waals surface area contributed by atoms with E-state index < -0.39 is 14.4 Å². The molecule has 5 heteroatoms. The molecule has 4 nitrogen and oxygen atoms in total. The Hall–Kier alpha value is -1.17. The first-order valence-corrected chi connectivity index (χ1v) is 10.6. The van der Waals surface area contributed by atoms with Crippen molar-refractivity contribution in [3.05, 3.63) is 35.4 Å². The number of aryl methyl sites for hydroxylation is 1. The summed E-state index contributed by atoms with van der Waals surface area (Å²) in [4.78, 5) is 12.5. The lowest BCUT2D eigenvalue weighted by Crippen LogP contribution is -2.45. The molecular weight excluding hydrogens is 294 g/mol. The third kappa shape index (κ3) is 4.93. The summed E-state index contributed by atoms with van der Waals surface area (Å²) >= 11 is 0. The molecule has 0 spiro atoms. The molecule has 0 fully saturated rings. The Balaban J connectivity index is 3.06. The number of carbonyl (C=O) groups excluding carboxylic acids is 1. The summed E-state index contributed by atoms with van der Waals surface area (Å²) in [7, 11) is -2.09. The van der Waals surface area contributed by atoms with Crippen LogP contribution in [0.15, 0.2) is 24.3 Å². The van der Waals surface area contributed by atoms with Gasteiger partial charge in [-0.25, -0.2) is 0 Å². The van der Waals surface area contributed by atoms with Crippen molar-refractivity contribution >= 4 is 14.2 Å². The number of aliphatic hydroxyl groups excluding tert-OH is 1. The fourth-order valence-corrected chi connectivity index (χ4v) is 2.94. The molecule has 124 valence electrons. The van der Waals surface area contributed by atoms with E-state index in [9.17, 15) is 4.79 Å². The monoisotopic (exact) mass is 323 g/mol. The molecule has 0 bridgehead atoms. The third-order valence-corrected chi connectivity index (χ3v) is 8.69. The van der Waals surface area contributed by atoms with Crippen LogP contribution < -0.4 is 5.32 Å². The molecule has 2 N–H and O–H groups in total. The number of hydrogen-bond donors (Lipinski definition) is 2. The van der Waals surface area contributed by atoms with Gasteiger partial charge >= 0.3 is 0 Å². The van der Waals surface area contributed by atoms with Gasteiger partial charge in [0.1, 0.15) is 6.10 Å². The van der Waals surface area contributed by atoms with E-state index in [1.807, 2.05) is 31.2 Å². The van der Waals surface area contributed by atoms with Gasteiger partial charge < -0.3 is 14.8 Å². The van der Waals surface area contributed by atoms with Gasteiger partial charge in [-0.3, -0.25) is 4.79 Å².